The van der Waals surface area contributed by atoms with Crippen LogP contribution in [0.2, 0.25) is 0 Å². The SMILES string of the molecule is CCC1CCN(CC2(C)CCCCC2)CC1. The predicted molar refractivity (Wildman–Crippen MR) is 70.6 cm³/mol. The molecule has 1 saturated carbocycles. The lowest BCUT2D eigenvalue weighted by Crippen LogP contribution is -2.41. The summed E-state index contributed by atoms with van der Waals surface area (Å²) in [5, 5.41) is 0. The molecule has 2 rings (SSSR count). The van der Waals surface area contributed by atoms with Crippen LogP contribution in [0.5, 0.6) is 0 Å². The highest BCUT2D eigenvalue weighted by molar-refractivity contribution is 4.83. The molecule has 1 aliphatic carbocycles. The fourth-order valence-electron chi connectivity index (χ4n) is 3.66. The summed E-state index contributed by atoms with van der Waals surface area (Å²) < 4.78 is 0. The van der Waals surface area contributed by atoms with Crippen molar-refractivity contribution < 1.29 is 0 Å². The monoisotopic (exact) mass is 223 g/mol. The summed E-state index contributed by atoms with van der Waals surface area (Å²) in [5.41, 5.74) is 0.650. The molecule has 1 saturated heterocycles. The summed E-state index contributed by atoms with van der Waals surface area (Å²) in [4.78, 5) is 2.75. The van der Waals surface area contributed by atoms with Crippen LogP contribution < -0.4 is 0 Å². The normalized spacial score (nSPS) is 28.1. The van der Waals surface area contributed by atoms with Gasteiger partial charge < -0.3 is 4.90 Å². The molecule has 1 nitrogen and oxygen atoms in total. The van der Waals surface area contributed by atoms with E-state index in [1.54, 1.807) is 0 Å². The average molecular weight is 223 g/mol. The molecular formula is C15H29N. The van der Waals surface area contributed by atoms with Crippen molar-refractivity contribution >= 4 is 0 Å². The maximum absolute atomic E-state index is 2.75. The van der Waals surface area contributed by atoms with Gasteiger partial charge in [-0.25, -0.2) is 0 Å². The second-order valence-corrected chi connectivity index (χ2v) is 6.50. The van der Waals surface area contributed by atoms with Crippen LogP contribution in [-0.4, -0.2) is 24.5 Å². The topological polar surface area (TPSA) is 3.24 Å². The number of piperidine rings is 1. The van der Waals surface area contributed by atoms with Crippen molar-refractivity contribution in [1.29, 1.82) is 0 Å². The minimum atomic E-state index is 0.650. The van der Waals surface area contributed by atoms with Crippen LogP contribution in [0.3, 0.4) is 0 Å². The van der Waals surface area contributed by atoms with Gasteiger partial charge in [-0.15, -0.1) is 0 Å². The molecule has 2 fully saturated rings. The number of rotatable bonds is 3. The Hall–Kier alpha value is -0.0400. The van der Waals surface area contributed by atoms with E-state index in [4.69, 9.17) is 0 Å². The van der Waals surface area contributed by atoms with E-state index in [9.17, 15) is 0 Å². The van der Waals surface area contributed by atoms with Crippen LogP contribution in [0.25, 0.3) is 0 Å². The maximum atomic E-state index is 2.75. The highest BCUT2D eigenvalue weighted by Gasteiger charge is 2.30. The van der Waals surface area contributed by atoms with Crippen molar-refractivity contribution in [1.82, 2.24) is 4.90 Å². The Labute approximate surface area is 102 Å². The number of likely N-dealkylation sites (tertiary alicyclic amines) is 1. The minimum absolute atomic E-state index is 0.650. The fraction of sp³-hybridized carbons (Fsp3) is 1.00. The molecule has 0 spiro atoms. The Morgan fingerprint density at radius 2 is 1.69 bits per heavy atom. The summed E-state index contributed by atoms with van der Waals surface area (Å²) in [6.45, 7) is 8.99. The van der Waals surface area contributed by atoms with Gasteiger partial charge in [-0.3, -0.25) is 0 Å². The van der Waals surface area contributed by atoms with E-state index >= 15 is 0 Å². The third kappa shape index (κ3) is 3.23. The molecule has 0 aromatic heterocycles. The molecule has 0 aromatic carbocycles. The summed E-state index contributed by atoms with van der Waals surface area (Å²) in [7, 11) is 0. The Bertz CT molecular complexity index is 197. The lowest BCUT2D eigenvalue weighted by molar-refractivity contribution is 0.0910. The highest BCUT2D eigenvalue weighted by atomic mass is 15.1. The summed E-state index contributed by atoms with van der Waals surface area (Å²) >= 11 is 0. The number of hydrogen-bond donors (Lipinski definition) is 0. The van der Waals surface area contributed by atoms with Gasteiger partial charge in [0, 0.05) is 6.54 Å². The van der Waals surface area contributed by atoms with Crippen LogP contribution in [0.4, 0.5) is 0 Å². The first-order valence-electron chi connectivity index (χ1n) is 7.44. The minimum Gasteiger partial charge on any atom is -0.303 e. The van der Waals surface area contributed by atoms with Crippen molar-refractivity contribution in [3.8, 4) is 0 Å². The number of nitrogens with zero attached hydrogens (tertiary/aromatic N) is 1. The van der Waals surface area contributed by atoms with Gasteiger partial charge in [0.1, 0.15) is 0 Å². The zero-order valence-electron chi connectivity index (χ0n) is 11.3. The van der Waals surface area contributed by atoms with E-state index in [1.165, 1.54) is 71.0 Å². The molecule has 2 aliphatic rings. The zero-order chi connectivity index (χ0) is 11.4. The molecule has 0 atom stereocenters. The smallest absolute Gasteiger partial charge is 0.00353 e. The average Bonchev–Trinajstić information content (AvgIpc) is 2.30. The summed E-state index contributed by atoms with van der Waals surface area (Å²) in [6.07, 6.45) is 11.7. The van der Waals surface area contributed by atoms with Gasteiger partial charge in [-0.2, -0.15) is 0 Å². The van der Waals surface area contributed by atoms with Crippen molar-refractivity contribution in [3.63, 3.8) is 0 Å². The van der Waals surface area contributed by atoms with Gasteiger partial charge in [0.15, 0.2) is 0 Å². The van der Waals surface area contributed by atoms with Crippen LogP contribution in [0.1, 0.15) is 65.2 Å². The predicted octanol–water partition coefficient (Wildman–Crippen LogP) is 4.08. The third-order valence-corrected chi connectivity index (χ3v) is 4.95. The molecule has 1 heterocycles. The van der Waals surface area contributed by atoms with Gasteiger partial charge in [0.05, 0.1) is 0 Å². The standard InChI is InChI=1S/C15H29N/c1-3-14-7-11-16(12-8-14)13-15(2)9-5-4-6-10-15/h14H,3-13H2,1-2H3. The first-order valence-corrected chi connectivity index (χ1v) is 7.44. The Kier molecular flexibility index (Phi) is 4.29. The van der Waals surface area contributed by atoms with Gasteiger partial charge in [0.25, 0.3) is 0 Å². The Morgan fingerprint density at radius 3 is 2.25 bits per heavy atom. The first kappa shape index (κ1) is 12.4. The first-order chi connectivity index (χ1) is 7.72. The van der Waals surface area contributed by atoms with E-state index in [1.807, 2.05) is 0 Å². The van der Waals surface area contributed by atoms with Gasteiger partial charge in [-0.05, 0) is 50.1 Å². The fourth-order valence-corrected chi connectivity index (χ4v) is 3.66. The second-order valence-electron chi connectivity index (χ2n) is 6.50. The van der Waals surface area contributed by atoms with E-state index in [0.717, 1.165) is 5.92 Å². The van der Waals surface area contributed by atoms with Crippen LogP contribution in [0, 0.1) is 11.3 Å². The van der Waals surface area contributed by atoms with Crippen molar-refractivity contribution in [2.24, 2.45) is 11.3 Å². The molecule has 94 valence electrons. The van der Waals surface area contributed by atoms with E-state index in [0.29, 0.717) is 5.41 Å². The van der Waals surface area contributed by atoms with Crippen molar-refractivity contribution in [2.45, 2.75) is 65.2 Å². The van der Waals surface area contributed by atoms with Gasteiger partial charge >= 0.3 is 0 Å². The molecule has 1 aliphatic heterocycles. The number of hydrogen-bond acceptors (Lipinski definition) is 1. The zero-order valence-corrected chi connectivity index (χ0v) is 11.3. The van der Waals surface area contributed by atoms with E-state index in [-0.39, 0.29) is 0 Å². The molecule has 0 N–H and O–H groups in total. The Balaban J connectivity index is 1.77. The maximum Gasteiger partial charge on any atom is 0.00353 e. The van der Waals surface area contributed by atoms with Crippen molar-refractivity contribution in [3.05, 3.63) is 0 Å². The van der Waals surface area contributed by atoms with Crippen molar-refractivity contribution in [2.75, 3.05) is 19.6 Å². The van der Waals surface area contributed by atoms with Crippen LogP contribution in [-0.2, 0) is 0 Å². The van der Waals surface area contributed by atoms with Gasteiger partial charge in [0.2, 0.25) is 0 Å². The van der Waals surface area contributed by atoms with Crippen LogP contribution >= 0.6 is 0 Å². The lowest BCUT2D eigenvalue weighted by atomic mass is 9.75. The lowest BCUT2D eigenvalue weighted by Gasteiger charge is -2.41. The summed E-state index contributed by atoms with van der Waals surface area (Å²) in [6, 6.07) is 0. The highest BCUT2D eigenvalue weighted by Crippen LogP contribution is 2.37. The van der Waals surface area contributed by atoms with E-state index in [2.05, 4.69) is 18.7 Å². The Morgan fingerprint density at radius 1 is 1.06 bits per heavy atom. The van der Waals surface area contributed by atoms with E-state index < -0.39 is 0 Å². The molecular weight excluding hydrogens is 194 g/mol. The molecule has 0 aromatic rings. The largest absolute Gasteiger partial charge is 0.303 e. The third-order valence-electron chi connectivity index (χ3n) is 4.95. The molecule has 0 amide bonds. The summed E-state index contributed by atoms with van der Waals surface area (Å²) in [5.74, 6) is 1.02. The molecule has 0 bridgehead atoms. The molecule has 0 radical (unpaired) electrons. The van der Waals surface area contributed by atoms with Gasteiger partial charge in [-0.1, -0.05) is 39.5 Å². The molecule has 0 unspecified atom stereocenters. The quantitative estimate of drug-likeness (QED) is 0.697. The second kappa shape index (κ2) is 5.53. The van der Waals surface area contributed by atoms with Crippen LogP contribution in [0.15, 0.2) is 0 Å². The molecule has 1 heteroatoms. The molecule has 16 heavy (non-hydrogen) atoms.